The Hall–Kier alpha value is -1.76. The molecule has 2 aromatic rings. The van der Waals surface area contributed by atoms with Gasteiger partial charge in [0.2, 0.25) is 0 Å². The van der Waals surface area contributed by atoms with Crippen molar-refractivity contribution in [2.24, 2.45) is 0 Å². The predicted molar refractivity (Wildman–Crippen MR) is 110 cm³/mol. The molecule has 6 heteroatoms. The van der Waals surface area contributed by atoms with Gasteiger partial charge in [0.25, 0.3) is 0 Å². The second-order valence-electron chi connectivity index (χ2n) is 7.02. The smallest absolute Gasteiger partial charge is 0.162 e. The Labute approximate surface area is 169 Å². The van der Waals surface area contributed by atoms with Crippen molar-refractivity contribution < 1.29 is 13.6 Å². The molecule has 28 heavy (non-hydrogen) atoms. The van der Waals surface area contributed by atoms with Crippen LogP contribution in [0.25, 0.3) is 0 Å². The largest absolute Gasteiger partial charge is 0.301 e. The van der Waals surface area contributed by atoms with Gasteiger partial charge in [-0.3, -0.25) is 9.69 Å². The van der Waals surface area contributed by atoms with E-state index in [4.69, 9.17) is 0 Å². The zero-order chi connectivity index (χ0) is 19.8. The molecule has 1 fully saturated rings. The fraction of sp³-hybridized carbons (Fsp3) is 0.409. The third-order valence-corrected chi connectivity index (χ3v) is 5.99. The molecule has 1 aliphatic rings. The number of benzene rings is 2. The number of thioether (sulfide) groups is 1. The van der Waals surface area contributed by atoms with Crippen LogP contribution in [0.2, 0.25) is 0 Å². The second-order valence-corrected chi connectivity index (χ2v) is 8.19. The molecule has 2 aromatic carbocycles. The van der Waals surface area contributed by atoms with E-state index in [1.807, 2.05) is 12.1 Å². The van der Waals surface area contributed by atoms with E-state index in [2.05, 4.69) is 9.80 Å². The van der Waals surface area contributed by atoms with Crippen molar-refractivity contribution in [3.63, 3.8) is 0 Å². The van der Waals surface area contributed by atoms with Crippen LogP contribution in [-0.4, -0.2) is 60.6 Å². The van der Waals surface area contributed by atoms with Crippen molar-refractivity contribution in [2.45, 2.75) is 17.7 Å². The Kier molecular flexibility index (Phi) is 8.01. The summed E-state index contributed by atoms with van der Waals surface area (Å²) >= 11 is 1.76. The number of carbonyl (C=O) groups is 1. The maximum absolute atomic E-state index is 12.9. The van der Waals surface area contributed by atoms with Crippen LogP contribution < -0.4 is 0 Å². The number of nitrogens with zero attached hydrogens (tertiary/aromatic N) is 2. The van der Waals surface area contributed by atoms with Gasteiger partial charge in [-0.1, -0.05) is 0 Å². The van der Waals surface area contributed by atoms with Gasteiger partial charge in [0.15, 0.2) is 5.78 Å². The first-order valence-electron chi connectivity index (χ1n) is 9.72. The van der Waals surface area contributed by atoms with E-state index in [0.717, 1.165) is 56.3 Å². The van der Waals surface area contributed by atoms with Crippen LogP contribution in [0, 0.1) is 11.6 Å². The molecule has 0 N–H and O–H groups in total. The minimum Gasteiger partial charge on any atom is -0.301 e. The molecule has 1 saturated heterocycles. The van der Waals surface area contributed by atoms with Gasteiger partial charge in [-0.05, 0) is 61.5 Å². The number of halogens is 2. The highest BCUT2D eigenvalue weighted by atomic mass is 32.2. The third kappa shape index (κ3) is 6.69. The van der Waals surface area contributed by atoms with Gasteiger partial charge in [-0.15, -0.1) is 11.8 Å². The summed E-state index contributed by atoms with van der Waals surface area (Å²) in [6.07, 6.45) is 1.33. The van der Waals surface area contributed by atoms with Crippen molar-refractivity contribution >= 4 is 17.5 Å². The van der Waals surface area contributed by atoms with Crippen molar-refractivity contribution in [1.82, 2.24) is 9.80 Å². The lowest BCUT2D eigenvalue weighted by Crippen LogP contribution is -2.47. The Balaban J connectivity index is 1.28. The van der Waals surface area contributed by atoms with Crippen LogP contribution in [0.4, 0.5) is 8.78 Å². The number of piperazine rings is 1. The van der Waals surface area contributed by atoms with Gasteiger partial charge in [-0.25, -0.2) is 8.78 Å². The standard InChI is InChI=1S/C22H26F2N2OS/c23-19-5-3-18(4-6-19)22(27)2-1-11-25-12-14-26(15-13-25)16-17-28-21-9-7-20(24)8-10-21/h3-10H,1-2,11-17H2. The number of hydrogen-bond donors (Lipinski definition) is 0. The number of Topliss-reactive ketones (excluding diaryl/α,β-unsaturated/α-hetero) is 1. The third-order valence-electron chi connectivity index (χ3n) is 5.00. The molecule has 3 rings (SSSR count). The fourth-order valence-electron chi connectivity index (χ4n) is 3.30. The molecule has 0 aromatic heterocycles. The SMILES string of the molecule is O=C(CCCN1CCN(CCSc2ccc(F)cc2)CC1)c1ccc(F)cc1. The van der Waals surface area contributed by atoms with E-state index in [1.165, 1.54) is 24.3 Å². The molecule has 0 atom stereocenters. The van der Waals surface area contributed by atoms with Crippen LogP contribution in [0.5, 0.6) is 0 Å². The average molecular weight is 405 g/mol. The van der Waals surface area contributed by atoms with Gasteiger partial charge in [0.05, 0.1) is 0 Å². The number of rotatable bonds is 9. The molecule has 0 aliphatic carbocycles. The molecule has 0 saturated carbocycles. The Morgan fingerprint density at radius 1 is 0.821 bits per heavy atom. The second kappa shape index (κ2) is 10.7. The topological polar surface area (TPSA) is 23.6 Å². The minimum atomic E-state index is -0.314. The maximum Gasteiger partial charge on any atom is 0.162 e. The Morgan fingerprint density at radius 2 is 1.36 bits per heavy atom. The molecule has 0 unspecified atom stereocenters. The van der Waals surface area contributed by atoms with Gasteiger partial charge < -0.3 is 4.90 Å². The first kappa shape index (κ1) is 21.0. The van der Waals surface area contributed by atoms with E-state index in [-0.39, 0.29) is 17.4 Å². The molecule has 0 radical (unpaired) electrons. The van der Waals surface area contributed by atoms with Crippen LogP contribution in [0.1, 0.15) is 23.2 Å². The number of ketones is 1. The summed E-state index contributed by atoms with van der Waals surface area (Å²) in [4.78, 5) is 18.1. The summed E-state index contributed by atoms with van der Waals surface area (Å²) in [7, 11) is 0. The molecule has 1 aliphatic heterocycles. The zero-order valence-corrected chi connectivity index (χ0v) is 16.8. The first-order valence-corrected chi connectivity index (χ1v) is 10.7. The highest BCUT2D eigenvalue weighted by Gasteiger charge is 2.16. The molecule has 3 nitrogen and oxygen atoms in total. The van der Waals surface area contributed by atoms with Crippen molar-refractivity contribution in [3.05, 3.63) is 65.7 Å². The molecule has 1 heterocycles. The van der Waals surface area contributed by atoms with Gasteiger partial charge in [-0.2, -0.15) is 0 Å². The maximum atomic E-state index is 12.9. The molecule has 0 bridgehead atoms. The first-order chi connectivity index (χ1) is 13.6. The highest BCUT2D eigenvalue weighted by Crippen LogP contribution is 2.18. The van der Waals surface area contributed by atoms with Crippen LogP contribution in [-0.2, 0) is 0 Å². The molecular formula is C22H26F2N2OS. The summed E-state index contributed by atoms with van der Waals surface area (Å²) in [6, 6.07) is 12.4. The Bertz CT molecular complexity index is 744. The van der Waals surface area contributed by atoms with Crippen LogP contribution >= 0.6 is 11.8 Å². The van der Waals surface area contributed by atoms with Crippen molar-refractivity contribution in [3.8, 4) is 0 Å². The highest BCUT2D eigenvalue weighted by molar-refractivity contribution is 7.99. The lowest BCUT2D eigenvalue weighted by Gasteiger charge is -2.34. The Morgan fingerprint density at radius 3 is 1.96 bits per heavy atom. The van der Waals surface area contributed by atoms with E-state index in [1.54, 1.807) is 23.9 Å². The van der Waals surface area contributed by atoms with Gasteiger partial charge in [0.1, 0.15) is 11.6 Å². The molecule has 0 amide bonds. The predicted octanol–water partition coefficient (Wildman–Crippen LogP) is 4.34. The molecule has 0 spiro atoms. The normalized spacial score (nSPS) is 15.6. The average Bonchev–Trinajstić information content (AvgIpc) is 2.71. The van der Waals surface area contributed by atoms with E-state index >= 15 is 0 Å². The summed E-state index contributed by atoms with van der Waals surface area (Å²) in [5, 5.41) is 0. The summed E-state index contributed by atoms with van der Waals surface area (Å²) in [6.45, 7) is 6.06. The van der Waals surface area contributed by atoms with E-state index < -0.39 is 0 Å². The lowest BCUT2D eigenvalue weighted by molar-refractivity contribution is 0.0964. The zero-order valence-electron chi connectivity index (χ0n) is 15.9. The fourth-order valence-corrected chi connectivity index (χ4v) is 4.22. The van der Waals surface area contributed by atoms with Gasteiger partial charge >= 0.3 is 0 Å². The van der Waals surface area contributed by atoms with Crippen molar-refractivity contribution in [2.75, 3.05) is 45.0 Å². The molecular weight excluding hydrogens is 378 g/mol. The summed E-state index contributed by atoms with van der Waals surface area (Å²) in [5.74, 6) is 0.569. The van der Waals surface area contributed by atoms with E-state index in [9.17, 15) is 13.6 Å². The summed E-state index contributed by atoms with van der Waals surface area (Å²) < 4.78 is 25.8. The minimum absolute atomic E-state index is 0.0800. The monoisotopic (exact) mass is 404 g/mol. The van der Waals surface area contributed by atoms with E-state index in [0.29, 0.717) is 12.0 Å². The van der Waals surface area contributed by atoms with Crippen LogP contribution in [0.15, 0.2) is 53.4 Å². The van der Waals surface area contributed by atoms with Crippen LogP contribution in [0.3, 0.4) is 0 Å². The van der Waals surface area contributed by atoms with Crippen molar-refractivity contribution in [1.29, 1.82) is 0 Å². The number of carbonyl (C=O) groups excluding carboxylic acids is 1. The van der Waals surface area contributed by atoms with Gasteiger partial charge in [0, 0.05) is 55.4 Å². The summed E-state index contributed by atoms with van der Waals surface area (Å²) in [5.41, 5.74) is 0.588. The quantitative estimate of drug-likeness (QED) is 0.458. The number of hydrogen-bond acceptors (Lipinski definition) is 4. The molecule has 150 valence electrons. The lowest BCUT2D eigenvalue weighted by atomic mass is 10.1.